The molecular formula is C12H16ClN5O2S. The Kier molecular flexibility index (Phi) is 5.29. The van der Waals surface area contributed by atoms with Crippen LogP contribution in [0.5, 0.6) is 0 Å². The number of sulfonamides is 1. The molecule has 1 aromatic carbocycles. The largest absolute Gasteiger partial charge is 0.326 e. The third kappa shape index (κ3) is 4.24. The van der Waals surface area contributed by atoms with Gasteiger partial charge in [0.05, 0.1) is 11.1 Å². The molecule has 0 aliphatic carbocycles. The SMILES string of the molecule is NCc1ccc(S(=O)(=O)NCCCn2ccnn2)cc1Cl. The monoisotopic (exact) mass is 329 g/mol. The van der Waals surface area contributed by atoms with Crippen LogP contribution in [0.2, 0.25) is 5.02 Å². The number of hydrogen-bond donors (Lipinski definition) is 2. The molecule has 114 valence electrons. The van der Waals surface area contributed by atoms with Crippen LogP contribution in [0.1, 0.15) is 12.0 Å². The minimum absolute atomic E-state index is 0.130. The van der Waals surface area contributed by atoms with Crippen LogP contribution in [0.25, 0.3) is 0 Å². The summed E-state index contributed by atoms with van der Waals surface area (Å²) in [6.07, 6.45) is 3.90. The summed E-state index contributed by atoms with van der Waals surface area (Å²) in [7, 11) is -3.57. The first kappa shape index (κ1) is 15.9. The zero-order chi connectivity index (χ0) is 15.3. The van der Waals surface area contributed by atoms with Gasteiger partial charge in [-0.2, -0.15) is 0 Å². The van der Waals surface area contributed by atoms with E-state index in [0.29, 0.717) is 30.1 Å². The van der Waals surface area contributed by atoms with Gasteiger partial charge in [-0.05, 0) is 24.1 Å². The topological polar surface area (TPSA) is 103 Å². The summed E-state index contributed by atoms with van der Waals surface area (Å²) in [6, 6.07) is 4.52. The molecule has 1 heterocycles. The predicted octanol–water partition coefficient (Wildman–Crippen LogP) is 0.759. The van der Waals surface area contributed by atoms with Crippen LogP contribution in [-0.2, 0) is 23.1 Å². The fourth-order valence-corrected chi connectivity index (χ4v) is 3.17. The van der Waals surface area contributed by atoms with E-state index in [1.165, 1.54) is 12.1 Å². The van der Waals surface area contributed by atoms with Crippen molar-refractivity contribution in [2.75, 3.05) is 6.54 Å². The van der Waals surface area contributed by atoms with Gasteiger partial charge in [-0.15, -0.1) is 5.10 Å². The molecule has 3 N–H and O–H groups in total. The molecule has 0 amide bonds. The molecular weight excluding hydrogens is 314 g/mol. The molecule has 0 saturated carbocycles. The van der Waals surface area contributed by atoms with Gasteiger partial charge in [0.15, 0.2) is 0 Å². The van der Waals surface area contributed by atoms with Gasteiger partial charge in [-0.25, -0.2) is 13.1 Å². The fraction of sp³-hybridized carbons (Fsp3) is 0.333. The van der Waals surface area contributed by atoms with Crippen LogP contribution in [0.3, 0.4) is 0 Å². The highest BCUT2D eigenvalue weighted by Gasteiger charge is 2.14. The first-order chi connectivity index (χ1) is 10.0. The lowest BCUT2D eigenvalue weighted by Crippen LogP contribution is -2.25. The van der Waals surface area contributed by atoms with Crippen molar-refractivity contribution < 1.29 is 8.42 Å². The van der Waals surface area contributed by atoms with Gasteiger partial charge in [0.2, 0.25) is 10.0 Å². The van der Waals surface area contributed by atoms with Crippen LogP contribution >= 0.6 is 11.6 Å². The van der Waals surface area contributed by atoms with Crippen LogP contribution in [-0.4, -0.2) is 30.0 Å². The van der Waals surface area contributed by atoms with Crippen molar-refractivity contribution in [3.05, 3.63) is 41.2 Å². The lowest BCUT2D eigenvalue weighted by Gasteiger charge is -2.08. The van der Waals surface area contributed by atoms with Crippen molar-refractivity contribution in [3.63, 3.8) is 0 Å². The number of benzene rings is 1. The predicted molar refractivity (Wildman–Crippen MR) is 79.2 cm³/mol. The van der Waals surface area contributed by atoms with E-state index < -0.39 is 10.0 Å². The molecule has 2 rings (SSSR count). The van der Waals surface area contributed by atoms with Crippen LogP contribution in [0.4, 0.5) is 0 Å². The average molecular weight is 330 g/mol. The molecule has 0 atom stereocenters. The summed E-state index contributed by atoms with van der Waals surface area (Å²) in [5, 5.41) is 7.82. The quantitative estimate of drug-likeness (QED) is 0.730. The molecule has 2 aromatic rings. The van der Waals surface area contributed by atoms with Crippen molar-refractivity contribution in [1.82, 2.24) is 19.7 Å². The van der Waals surface area contributed by atoms with Crippen molar-refractivity contribution in [3.8, 4) is 0 Å². The third-order valence-electron chi connectivity index (χ3n) is 2.88. The highest BCUT2D eigenvalue weighted by Crippen LogP contribution is 2.20. The summed E-state index contributed by atoms with van der Waals surface area (Å²) in [4.78, 5) is 0.130. The van der Waals surface area contributed by atoms with Crippen molar-refractivity contribution in [1.29, 1.82) is 0 Å². The number of aryl methyl sites for hydroxylation is 1. The maximum Gasteiger partial charge on any atom is 0.240 e. The Bertz CT molecular complexity index is 688. The minimum Gasteiger partial charge on any atom is -0.326 e. The maximum absolute atomic E-state index is 12.1. The molecule has 0 unspecified atom stereocenters. The van der Waals surface area contributed by atoms with E-state index in [1.54, 1.807) is 23.1 Å². The van der Waals surface area contributed by atoms with Gasteiger partial charge in [0, 0.05) is 30.9 Å². The second-order valence-electron chi connectivity index (χ2n) is 4.37. The average Bonchev–Trinajstić information content (AvgIpc) is 2.97. The Balaban J connectivity index is 1.93. The molecule has 0 aliphatic heterocycles. The molecule has 0 fully saturated rings. The second kappa shape index (κ2) is 6.99. The smallest absolute Gasteiger partial charge is 0.240 e. The lowest BCUT2D eigenvalue weighted by molar-refractivity contribution is 0.542. The minimum atomic E-state index is -3.57. The van der Waals surface area contributed by atoms with E-state index in [1.807, 2.05) is 0 Å². The summed E-state index contributed by atoms with van der Waals surface area (Å²) in [5.74, 6) is 0. The number of nitrogens with zero attached hydrogens (tertiary/aromatic N) is 3. The Morgan fingerprint density at radius 2 is 2.19 bits per heavy atom. The lowest BCUT2D eigenvalue weighted by atomic mass is 10.2. The third-order valence-corrected chi connectivity index (χ3v) is 4.69. The normalized spacial score (nSPS) is 11.7. The molecule has 0 aliphatic rings. The fourth-order valence-electron chi connectivity index (χ4n) is 1.74. The van der Waals surface area contributed by atoms with E-state index in [-0.39, 0.29) is 11.4 Å². The van der Waals surface area contributed by atoms with E-state index >= 15 is 0 Å². The molecule has 0 spiro atoms. The Hall–Kier alpha value is -1.48. The molecule has 9 heteroatoms. The summed E-state index contributed by atoms with van der Waals surface area (Å²) >= 11 is 5.97. The van der Waals surface area contributed by atoms with E-state index in [2.05, 4.69) is 15.0 Å². The molecule has 0 saturated heterocycles. The van der Waals surface area contributed by atoms with Crippen LogP contribution in [0, 0.1) is 0 Å². The van der Waals surface area contributed by atoms with Gasteiger partial charge in [0.1, 0.15) is 0 Å². The van der Waals surface area contributed by atoms with E-state index in [0.717, 1.165) is 0 Å². The zero-order valence-electron chi connectivity index (χ0n) is 11.2. The van der Waals surface area contributed by atoms with Gasteiger partial charge in [0.25, 0.3) is 0 Å². The van der Waals surface area contributed by atoms with Gasteiger partial charge in [-0.1, -0.05) is 22.9 Å². The molecule has 7 nitrogen and oxygen atoms in total. The number of halogens is 1. The Morgan fingerprint density at radius 3 is 2.81 bits per heavy atom. The van der Waals surface area contributed by atoms with Crippen molar-refractivity contribution in [2.24, 2.45) is 5.73 Å². The van der Waals surface area contributed by atoms with Gasteiger partial charge < -0.3 is 5.73 Å². The highest BCUT2D eigenvalue weighted by molar-refractivity contribution is 7.89. The van der Waals surface area contributed by atoms with E-state index in [9.17, 15) is 8.42 Å². The Morgan fingerprint density at radius 1 is 1.38 bits per heavy atom. The molecule has 0 radical (unpaired) electrons. The molecule has 0 bridgehead atoms. The number of aromatic nitrogens is 3. The number of hydrogen-bond acceptors (Lipinski definition) is 5. The maximum atomic E-state index is 12.1. The van der Waals surface area contributed by atoms with E-state index in [4.69, 9.17) is 17.3 Å². The number of nitrogens with one attached hydrogen (secondary N) is 1. The summed E-state index contributed by atoms with van der Waals surface area (Å²) in [6.45, 7) is 1.17. The number of nitrogens with two attached hydrogens (primary N) is 1. The zero-order valence-corrected chi connectivity index (χ0v) is 12.8. The van der Waals surface area contributed by atoms with Crippen molar-refractivity contribution >= 4 is 21.6 Å². The summed E-state index contributed by atoms with van der Waals surface area (Å²) in [5.41, 5.74) is 6.20. The van der Waals surface area contributed by atoms with Crippen LogP contribution < -0.4 is 10.5 Å². The van der Waals surface area contributed by atoms with Crippen LogP contribution in [0.15, 0.2) is 35.5 Å². The standard InChI is InChI=1S/C12H16ClN5O2S/c13-12-8-11(3-2-10(12)9-14)21(19,20)16-4-1-6-18-7-5-15-17-18/h2-3,5,7-8,16H,1,4,6,9,14H2. The first-order valence-electron chi connectivity index (χ1n) is 6.35. The second-order valence-corrected chi connectivity index (χ2v) is 6.55. The van der Waals surface area contributed by atoms with Gasteiger partial charge in [-0.3, -0.25) is 4.68 Å². The van der Waals surface area contributed by atoms with Gasteiger partial charge >= 0.3 is 0 Å². The molecule has 21 heavy (non-hydrogen) atoms. The highest BCUT2D eigenvalue weighted by atomic mass is 35.5. The van der Waals surface area contributed by atoms with Crippen molar-refractivity contribution in [2.45, 2.75) is 24.4 Å². The number of rotatable bonds is 7. The first-order valence-corrected chi connectivity index (χ1v) is 8.21. The Labute approximate surface area is 128 Å². The summed E-state index contributed by atoms with van der Waals surface area (Å²) < 4.78 is 28.4. The molecule has 1 aromatic heterocycles.